The summed E-state index contributed by atoms with van der Waals surface area (Å²) < 4.78 is 34.3. The van der Waals surface area contributed by atoms with Gasteiger partial charge in [0.25, 0.3) is 10.0 Å². The Balaban J connectivity index is 1.47. The van der Waals surface area contributed by atoms with Crippen molar-refractivity contribution in [3.63, 3.8) is 0 Å². The lowest BCUT2D eigenvalue weighted by molar-refractivity contribution is -0.114. The fourth-order valence-electron chi connectivity index (χ4n) is 4.17. The number of nitrogens with one attached hydrogen (secondary N) is 1. The van der Waals surface area contributed by atoms with Crippen molar-refractivity contribution in [2.75, 3.05) is 16.2 Å². The van der Waals surface area contributed by atoms with Gasteiger partial charge in [-0.2, -0.15) is 0 Å². The van der Waals surface area contributed by atoms with E-state index in [4.69, 9.17) is 16.0 Å². The van der Waals surface area contributed by atoms with Crippen LogP contribution in [0.1, 0.15) is 11.1 Å². The van der Waals surface area contributed by atoms with Gasteiger partial charge < -0.3 is 9.73 Å². The minimum absolute atomic E-state index is 0.0962. The molecule has 0 spiro atoms. The molecular formula is C28H23ClN2O4S. The number of nitrogens with zero attached hydrogens (tertiary/aromatic N) is 1. The maximum Gasteiger partial charge on any atom is 0.264 e. The van der Waals surface area contributed by atoms with E-state index < -0.39 is 22.5 Å². The molecule has 0 aliphatic heterocycles. The van der Waals surface area contributed by atoms with Gasteiger partial charge in [0.2, 0.25) is 5.91 Å². The number of sulfonamides is 1. The summed E-state index contributed by atoms with van der Waals surface area (Å²) in [6, 6.07) is 24.5. The molecule has 6 nitrogen and oxygen atoms in total. The Morgan fingerprint density at radius 1 is 0.889 bits per heavy atom. The standard InChI is InChI=1S/C28H23ClN2O4S/c1-18-7-11-22(12-8-18)36(33,34)31(25-14-9-20(29)15-19(25)2)17-28(32)30-21-10-13-24-23-5-3-4-6-26(23)35-27(24)16-21/h3-16H,17H2,1-2H3,(H,30,32). The zero-order chi connectivity index (χ0) is 25.4. The minimum atomic E-state index is -4.03. The van der Waals surface area contributed by atoms with Crippen molar-refractivity contribution in [1.29, 1.82) is 0 Å². The van der Waals surface area contributed by atoms with Crippen LogP contribution in [0.4, 0.5) is 11.4 Å². The van der Waals surface area contributed by atoms with Crippen molar-refractivity contribution in [1.82, 2.24) is 0 Å². The summed E-state index contributed by atoms with van der Waals surface area (Å²) in [5, 5.41) is 5.21. The summed E-state index contributed by atoms with van der Waals surface area (Å²) in [7, 11) is -4.03. The first-order valence-electron chi connectivity index (χ1n) is 11.3. The van der Waals surface area contributed by atoms with E-state index in [9.17, 15) is 13.2 Å². The number of fused-ring (bicyclic) bond motifs is 3. The van der Waals surface area contributed by atoms with Crippen LogP contribution in [0.3, 0.4) is 0 Å². The normalized spacial score (nSPS) is 11.6. The highest BCUT2D eigenvalue weighted by Gasteiger charge is 2.28. The number of hydrogen-bond acceptors (Lipinski definition) is 4. The molecule has 0 saturated carbocycles. The van der Waals surface area contributed by atoms with E-state index >= 15 is 0 Å². The summed E-state index contributed by atoms with van der Waals surface area (Å²) in [5.74, 6) is -0.490. The van der Waals surface area contributed by atoms with E-state index in [0.29, 0.717) is 27.5 Å². The van der Waals surface area contributed by atoms with Gasteiger partial charge in [0.15, 0.2) is 0 Å². The predicted octanol–water partition coefficient (Wildman–Crippen LogP) is 6.69. The number of rotatable bonds is 6. The average Bonchev–Trinajstić information content (AvgIpc) is 3.21. The molecule has 8 heteroatoms. The van der Waals surface area contributed by atoms with Gasteiger partial charge in [-0.15, -0.1) is 0 Å². The number of hydrogen-bond donors (Lipinski definition) is 1. The fraction of sp³-hybridized carbons (Fsp3) is 0.107. The highest BCUT2D eigenvalue weighted by Crippen LogP contribution is 2.31. The number of anilines is 2. The largest absolute Gasteiger partial charge is 0.456 e. The van der Waals surface area contributed by atoms with Crippen LogP contribution in [0.5, 0.6) is 0 Å². The first-order chi connectivity index (χ1) is 17.2. The van der Waals surface area contributed by atoms with Crippen LogP contribution in [0.15, 0.2) is 94.2 Å². The molecule has 0 aliphatic carbocycles. The highest BCUT2D eigenvalue weighted by atomic mass is 35.5. The lowest BCUT2D eigenvalue weighted by atomic mass is 10.1. The Labute approximate surface area is 214 Å². The molecule has 0 saturated heterocycles. The Bertz CT molecular complexity index is 1710. The van der Waals surface area contributed by atoms with E-state index in [1.807, 2.05) is 37.3 Å². The zero-order valence-corrected chi connectivity index (χ0v) is 21.2. The van der Waals surface area contributed by atoms with Gasteiger partial charge in [0.05, 0.1) is 10.6 Å². The quantitative estimate of drug-likeness (QED) is 0.271. The van der Waals surface area contributed by atoms with Gasteiger partial charge in [-0.1, -0.05) is 47.5 Å². The SMILES string of the molecule is Cc1ccc(S(=O)(=O)N(CC(=O)Nc2ccc3c(c2)oc2ccccc23)c2ccc(Cl)cc2C)cc1. The number of furan rings is 1. The molecule has 1 N–H and O–H groups in total. The summed E-state index contributed by atoms with van der Waals surface area (Å²) in [6.45, 7) is 3.22. The molecular weight excluding hydrogens is 496 g/mol. The van der Waals surface area contributed by atoms with E-state index in [1.54, 1.807) is 49.4 Å². The molecule has 1 amide bonds. The average molecular weight is 519 g/mol. The van der Waals surface area contributed by atoms with Crippen LogP contribution in [-0.2, 0) is 14.8 Å². The number of benzene rings is 4. The number of para-hydroxylation sites is 1. The van der Waals surface area contributed by atoms with Gasteiger partial charge in [0, 0.05) is 27.5 Å². The van der Waals surface area contributed by atoms with Crippen LogP contribution in [0, 0.1) is 13.8 Å². The van der Waals surface area contributed by atoms with Crippen molar-refractivity contribution in [2.24, 2.45) is 0 Å². The summed E-state index contributed by atoms with van der Waals surface area (Å²) in [6.07, 6.45) is 0. The Kier molecular flexibility index (Phi) is 6.20. The smallest absolute Gasteiger partial charge is 0.264 e. The summed E-state index contributed by atoms with van der Waals surface area (Å²) in [4.78, 5) is 13.2. The number of aryl methyl sites for hydroxylation is 2. The fourth-order valence-corrected chi connectivity index (χ4v) is 5.88. The third kappa shape index (κ3) is 4.55. The number of carbonyl (C=O) groups is 1. The minimum Gasteiger partial charge on any atom is -0.456 e. The van der Waals surface area contributed by atoms with E-state index in [2.05, 4.69) is 5.32 Å². The molecule has 5 rings (SSSR count). The zero-order valence-electron chi connectivity index (χ0n) is 19.7. The molecule has 4 aromatic carbocycles. The van der Waals surface area contributed by atoms with E-state index in [0.717, 1.165) is 26.2 Å². The van der Waals surface area contributed by atoms with Crippen molar-refractivity contribution in [2.45, 2.75) is 18.7 Å². The molecule has 1 heterocycles. The second-order valence-corrected chi connectivity index (χ2v) is 10.9. The third-order valence-corrected chi connectivity index (χ3v) is 8.00. The Morgan fingerprint density at radius 3 is 2.36 bits per heavy atom. The lowest BCUT2D eigenvalue weighted by Gasteiger charge is -2.26. The summed E-state index contributed by atoms with van der Waals surface area (Å²) in [5.41, 5.74) is 3.84. The first kappa shape index (κ1) is 23.9. The maximum atomic E-state index is 13.6. The Morgan fingerprint density at radius 2 is 1.61 bits per heavy atom. The molecule has 0 aliphatic rings. The predicted molar refractivity (Wildman–Crippen MR) is 144 cm³/mol. The molecule has 0 radical (unpaired) electrons. The van der Waals surface area contributed by atoms with Crippen molar-refractivity contribution in [3.8, 4) is 0 Å². The second kappa shape index (κ2) is 9.33. The van der Waals surface area contributed by atoms with Crippen LogP contribution in [0.25, 0.3) is 21.9 Å². The van der Waals surface area contributed by atoms with E-state index in [-0.39, 0.29) is 4.90 Å². The molecule has 0 atom stereocenters. The topological polar surface area (TPSA) is 79.6 Å². The molecule has 5 aromatic rings. The molecule has 0 fully saturated rings. The molecule has 36 heavy (non-hydrogen) atoms. The maximum absolute atomic E-state index is 13.6. The third-order valence-electron chi connectivity index (χ3n) is 5.99. The van der Waals surface area contributed by atoms with Gasteiger partial charge in [0.1, 0.15) is 17.7 Å². The van der Waals surface area contributed by atoms with Gasteiger partial charge in [-0.05, 0) is 67.9 Å². The molecule has 0 unspecified atom stereocenters. The van der Waals surface area contributed by atoms with Crippen LogP contribution < -0.4 is 9.62 Å². The van der Waals surface area contributed by atoms with Crippen molar-refractivity contribution < 1.29 is 17.6 Å². The highest BCUT2D eigenvalue weighted by molar-refractivity contribution is 7.92. The first-order valence-corrected chi connectivity index (χ1v) is 13.1. The van der Waals surface area contributed by atoms with Gasteiger partial charge >= 0.3 is 0 Å². The lowest BCUT2D eigenvalue weighted by Crippen LogP contribution is -2.38. The molecule has 1 aromatic heterocycles. The second-order valence-electron chi connectivity index (χ2n) is 8.61. The number of halogens is 1. The van der Waals surface area contributed by atoms with Crippen molar-refractivity contribution >= 4 is 60.8 Å². The number of carbonyl (C=O) groups excluding carboxylic acids is 1. The molecule has 182 valence electrons. The summed E-state index contributed by atoms with van der Waals surface area (Å²) >= 11 is 6.10. The monoisotopic (exact) mass is 518 g/mol. The van der Waals surface area contributed by atoms with Crippen LogP contribution >= 0.6 is 11.6 Å². The molecule has 0 bridgehead atoms. The number of amides is 1. The van der Waals surface area contributed by atoms with Gasteiger partial charge in [-0.25, -0.2) is 8.42 Å². The van der Waals surface area contributed by atoms with Crippen LogP contribution in [-0.4, -0.2) is 20.9 Å². The van der Waals surface area contributed by atoms with Gasteiger partial charge in [-0.3, -0.25) is 9.10 Å². The van der Waals surface area contributed by atoms with Crippen molar-refractivity contribution in [3.05, 3.63) is 101 Å². The van der Waals surface area contributed by atoms with Crippen LogP contribution in [0.2, 0.25) is 5.02 Å². The van der Waals surface area contributed by atoms with E-state index in [1.165, 1.54) is 12.1 Å². The Hall–Kier alpha value is -3.81.